The highest BCUT2D eigenvalue weighted by atomic mass is 32.2. The minimum Gasteiger partial charge on any atom is -0.396 e. The predicted molar refractivity (Wildman–Crippen MR) is 125 cm³/mol. The Morgan fingerprint density at radius 2 is 1.94 bits per heavy atom. The highest BCUT2D eigenvalue weighted by Crippen LogP contribution is 2.38. The van der Waals surface area contributed by atoms with E-state index >= 15 is 0 Å². The Labute approximate surface area is 194 Å². The number of fused-ring (bicyclic) bond motifs is 1. The molecule has 178 valence electrons. The molecule has 9 heteroatoms. The molecule has 1 saturated carbocycles. The Kier molecular flexibility index (Phi) is 6.53. The minimum absolute atomic E-state index is 0.203. The van der Waals surface area contributed by atoms with E-state index in [9.17, 15) is 17.4 Å². The van der Waals surface area contributed by atoms with Crippen molar-refractivity contribution in [1.82, 2.24) is 14.5 Å². The topological polar surface area (TPSA) is 73.8 Å². The van der Waals surface area contributed by atoms with E-state index in [0.717, 1.165) is 35.8 Å². The first-order chi connectivity index (χ1) is 15.6. The second-order valence-electron chi connectivity index (χ2n) is 9.22. The number of anilines is 1. The van der Waals surface area contributed by atoms with Gasteiger partial charge in [0.05, 0.1) is 38.7 Å². The van der Waals surface area contributed by atoms with E-state index in [-0.39, 0.29) is 6.42 Å². The van der Waals surface area contributed by atoms with Crippen LogP contribution in [0.1, 0.15) is 45.1 Å². The SMILES string of the molecule is Cc1cnc2c(c1)c(N)c(-c1ccc(S(=O)C(C)CC(C)C(F)(F)F)cn1)n2CC1CCC1. The van der Waals surface area contributed by atoms with Crippen LogP contribution in [-0.4, -0.2) is 30.2 Å². The van der Waals surface area contributed by atoms with Gasteiger partial charge in [-0.1, -0.05) is 20.3 Å². The summed E-state index contributed by atoms with van der Waals surface area (Å²) >= 11 is 0. The number of aromatic nitrogens is 3. The fourth-order valence-corrected chi connectivity index (χ4v) is 5.62. The Morgan fingerprint density at radius 1 is 1.21 bits per heavy atom. The number of rotatable bonds is 7. The Balaban J connectivity index is 1.65. The van der Waals surface area contributed by atoms with Crippen molar-refractivity contribution >= 4 is 27.5 Å². The number of hydrogen-bond donors (Lipinski definition) is 1. The van der Waals surface area contributed by atoms with E-state index in [1.165, 1.54) is 25.5 Å². The summed E-state index contributed by atoms with van der Waals surface area (Å²) in [6.45, 7) is 5.47. The average molecular weight is 479 g/mol. The van der Waals surface area contributed by atoms with Crippen LogP contribution in [0.15, 0.2) is 35.5 Å². The van der Waals surface area contributed by atoms with Gasteiger partial charge in [0.25, 0.3) is 0 Å². The molecule has 1 aliphatic rings. The summed E-state index contributed by atoms with van der Waals surface area (Å²) in [5.41, 5.74) is 10.4. The molecule has 3 heterocycles. The molecule has 5 nitrogen and oxygen atoms in total. The molecule has 3 unspecified atom stereocenters. The molecule has 0 bridgehead atoms. The van der Waals surface area contributed by atoms with Gasteiger partial charge in [0, 0.05) is 29.6 Å². The number of alkyl halides is 3. The summed E-state index contributed by atoms with van der Waals surface area (Å²) in [5, 5.41) is 0.241. The molecule has 3 aromatic heterocycles. The Morgan fingerprint density at radius 3 is 2.52 bits per heavy atom. The van der Waals surface area contributed by atoms with Crippen molar-refractivity contribution in [3.8, 4) is 11.4 Å². The van der Waals surface area contributed by atoms with Gasteiger partial charge in [-0.3, -0.25) is 9.19 Å². The molecular weight excluding hydrogens is 449 g/mol. The lowest BCUT2D eigenvalue weighted by Crippen LogP contribution is -2.25. The molecule has 1 fully saturated rings. The van der Waals surface area contributed by atoms with E-state index in [1.807, 2.05) is 19.2 Å². The molecule has 0 aromatic carbocycles. The zero-order chi connectivity index (χ0) is 23.9. The number of aryl methyl sites for hydroxylation is 1. The van der Waals surface area contributed by atoms with Gasteiger partial charge >= 0.3 is 6.18 Å². The van der Waals surface area contributed by atoms with Gasteiger partial charge in [-0.05, 0) is 55.9 Å². The smallest absolute Gasteiger partial charge is 0.391 e. The largest absolute Gasteiger partial charge is 0.396 e. The summed E-state index contributed by atoms with van der Waals surface area (Å²) in [6.07, 6.45) is 2.39. The minimum atomic E-state index is -4.29. The number of pyridine rings is 2. The highest BCUT2D eigenvalue weighted by molar-refractivity contribution is 7.85. The summed E-state index contributed by atoms with van der Waals surface area (Å²) in [7, 11) is -1.59. The molecule has 33 heavy (non-hydrogen) atoms. The molecular formula is C24H29F3N4OS. The third-order valence-corrected chi connectivity index (χ3v) is 8.19. The highest BCUT2D eigenvalue weighted by Gasteiger charge is 2.37. The molecule has 0 amide bonds. The lowest BCUT2D eigenvalue weighted by atomic mass is 9.85. The molecule has 2 N–H and O–H groups in total. The van der Waals surface area contributed by atoms with Crippen molar-refractivity contribution in [3.63, 3.8) is 0 Å². The van der Waals surface area contributed by atoms with Crippen LogP contribution in [-0.2, 0) is 17.3 Å². The first-order valence-corrected chi connectivity index (χ1v) is 12.5. The molecule has 4 rings (SSSR count). The van der Waals surface area contributed by atoms with Gasteiger partial charge in [-0.15, -0.1) is 0 Å². The van der Waals surface area contributed by atoms with Crippen molar-refractivity contribution in [1.29, 1.82) is 0 Å². The monoisotopic (exact) mass is 478 g/mol. The van der Waals surface area contributed by atoms with Crippen LogP contribution in [0.3, 0.4) is 0 Å². The zero-order valence-corrected chi connectivity index (χ0v) is 19.8. The van der Waals surface area contributed by atoms with Crippen LogP contribution in [0.5, 0.6) is 0 Å². The summed E-state index contributed by atoms with van der Waals surface area (Å²) in [4.78, 5) is 9.57. The number of nitrogens with two attached hydrogens (primary N) is 1. The maximum Gasteiger partial charge on any atom is 0.391 e. The van der Waals surface area contributed by atoms with Crippen molar-refractivity contribution in [2.24, 2.45) is 11.8 Å². The van der Waals surface area contributed by atoms with E-state index in [4.69, 9.17) is 5.73 Å². The second-order valence-corrected chi connectivity index (χ2v) is 11.1. The third-order valence-electron chi connectivity index (χ3n) is 6.56. The van der Waals surface area contributed by atoms with Gasteiger partial charge in [0.15, 0.2) is 0 Å². The summed E-state index contributed by atoms with van der Waals surface area (Å²) in [5.74, 6) is -0.938. The van der Waals surface area contributed by atoms with E-state index in [0.29, 0.717) is 22.2 Å². The Hall–Kier alpha value is -2.42. The molecule has 3 atom stereocenters. The average Bonchev–Trinajstić information content (AvgIpc) is 3.00. The zero-order valence-electron chi connectivity index (χ0n) is 19.0. The first kappa shape index (κ1) is 23.7. The van der Waals surface area contributed by atoms with Gasteiger partial charge in [-0.25, -0.2) is 4.98 Å². The lowest BCUT2D eigenvalue weighted by Gasteiger charge is -2.27. The van der Waals surface area contributed by atoms with E-state index in [2.05, 4.69) is 14.5 Å². The maximum atomic E-state index is 12.9. The van der Waals surface area contributed by atoms with Gasteiger partial charge in [0.2, 0.25) is 0 Å². The maximum absolute atomic E-state index is 12.9. The van der Waals surface area contributed by atoms with Crippen LogP contribution in [0.2, 0.25) is 0 Å². The number of halogens is 3. The standard InChI is InChI=1S/C24H29F3N4OS/c1-14-9-19-21(28)22(31(23(19)30-11-14)13-17-5-4-6-17)20-8-7-18(12-29-20)33(32)16(3)10-15(2)24(25,26)27/h7-9,11-12,15-17H,4-6,10,13,28H2,1-3H3. The molecule has 0 radical (unpaired) electrons. The number of hydrogen-bond acceptors (Lipinski definition) is 4. The quantitative estimate of drug-likeness (QED) is 0.461. The molecule has 0 saturated heterocycles. The van der Waals surface area contributed by atoms with Crippen LogP contribution >= 0.6 is 0 Å². The molecule has 0 aliphatic heterocycles. The van der Waals surface area contributed by atoms with Crippen LogP contribution in [0, 0.1) is 18.8 Å². The second kappa shape index (κ2) is 9.08. The van der Waals surface area contributed by atoms with Gasteiger partial charge in [0.1, 0.15) is 5.65 Å². The summed E-state index contributed by atoms with van der Waals surface area (Å²) in [6, 6.07) is 5.45. The van der Waals surface area contributed by atoms with E-state index in [1.54, 1.807) is 19.1 Å². The van der Waals surface area contributed by atoms with Crippen molar-refractivity contribution < 1.29 is 17.4 Å². The van der Waals surface area contributed by atoms with Crippen LogP contribution < -0.4 is 5.73 Å². The number of nitrogens with zero attached hydrogens (tertiary/aromatic N) is 3. The van der Waals surface area contributed by atoms with Crippen molar-refractivity contribution in [2.75, 3.05) is 5.73 Å². The lowest BCUT2D eigenvalue weighted by molar-refractivity contribution is -0.170. The van der Waals surface area contributed by atoms with E-state index < -0.39 is 28.1 Å². The number of nitrogen functional groups attached to an aromatic ring is 1. The normalized spacial score (nSPS) is 17.6. The van der Waals surface area contributed by atoms with Gasteiger partial charge in [-0.2, -0.15) is 13.2 Å². The third kappa shape index (κ3) is 4.78. The van der Waals surface area contributed by atoms with Crippen molar-refractivity contribution in [2.45, 2.75) is 69.3 Å². The predicted octanol–water partition coefficient (Wildman–Crippen LogP) is 5.87. The fourth-order valence-electron chi connectivity index (χ4n) is 4.33. The fraction of sp³-hybridized carbons (Fsp3) is 0.500. The van der Waals surface area contributed by atoms with Crippen LogP contribution in [0.4, 0.5) is 18.9 Å². The van der Waals surface area contributed by atoms with Crippen molar-refractivity contribution in [3.05, 3.63) is 36.2 Å². The molecule has 3 aromatic rings. The summed E-state index contributed by atoms with van der Waals surface area (Å²) < 4.78 is 53.6. The first-order valence-electron chi connectivity index (χ1n) is 11.2. The Bertz CT molecular complexity index is 1170. The van der Waals surface area contributed by atoms with Gasteiger partial charge < -0.3 is 10.3 Å². The molecule has 1 aliphatic carbocycles. The molecule has 0 spiro atoms. The van der Waals surface area contributed by atoms with Crippen LogP contribution in [0.25, 0.3) is 22.4 Å².